The molecule has 7 heteroatoms. The standard InChI is InChI=1S/C31H32ClN3O3/c1-29-13-19-14-30(2,16-29)18-31(15-19,17-29)21-8-9-25(24(32)12-21)35-27(36)20-5-3-6-22(11-20)34-26-23(28(37)38)7-4-10-33-26/h3-12,19H,13-18H2,1-2H3,(H,33,34)(H,35,36)(H,37,38). The molecular formula is C31H32ClN3O3. The summed E-state index contributed by atoms with van der Waals surface area (Å²) in [5.74, 6) is -0.372. The maximum Gasteiger partial charge on any atom is 0.339 e. The predicted octanol–water partition coefficient (Wildman–Crippen LogP) is 7.68. The zero-order valence-electron chi connectivity index (χ0n) is 21.7. The zero-order valence-corrected chi connectivity index (χ0v) is 22.4. The maximum atomic E-state index is 13.1. The van der Waals surface area contributed by atoms with E-state index in [1.807, 2.05) is 6.07 Å². The van der Waals surface area contributed by atoms with E-state index in [4.69, 9.17) is 11.6 Å². The van der Waals surface area contributed by atoms with Gasteiger partial charge in [0.1, 0.15) is 11.4 Å². The third kappa shape index (κ3) is 4.45. The summed E-state index contributed by atoms with van der Waals surface area (Å²) < 4.78 is 0. The molecule has 7 rings (SSSR count). The number of nitrogens with one attached hydrogen (secondary N) is 2. The van der Waals surface area contributed by atoms with E-state index < -0.39 is 5.97 Å². The highest BCUT2D eigenvalue weighted by Crippen LogP contribution is 2.70. The fourth-order valence-corrected chi connectivity index (χ4v) is 8.69. The van der Waals surface area contributed by atoms with Crippen LogP contribution in [-0.2, 0) is 5.41 Å². The number of amides is 1. The van der Waals surface area contributed by atoms with Crippen molar-refractivity contribution in [3.05, 3.63) is 82.5 Å². The Balaban J connectivity index is 1.20. The van der Waals surface area contributed by atoms with Crippen LogP contribution in [0.5, 0.6) is 0 Å². The lowest BCUT2D eigenvalue weighted by molar-refractivity contribution is -0.110. The number of aromatic carboxylic acids is 1. The summed E-state index contributed by atoms with van der Waals surface area (Å²) in [5.41, 5.74) is 3.91. The Morgan fingerprint density at radius 2 is 1.74 bits per heavy atom. The first-order valence-corrected chi connectivity index (χ1v) is 13.6. The Hall–Kier alpha value is -3.38. The molecule has 0 radical (unpaired) electrons. The first-order chi connectivity index (χ1) is 18.1. The number of carbonyl (C=O) groups excluding carboxylic acids is 1. The van der Waals surface area contributed by atoms with E-state index in [9.17, 15) is 14.7 Å². The first kappa shape index (κ1) is 24.9. The number of anilines is 3. The number of aromatic nitrogens is 1. The minimum absolute atomic E-state index is 0.0521. The Bertz CT molecular complexity index is 1440. The summed E-state index contributed by atoms with van der Waals surface area (Å²) in [7, 11) is 0. The normalized spacial score (nSPS) is 29.2. The summed E-state index contributed by atoms with van der Waals surface area (Å²) in [6, 6.07) is 16.1. The van der Waals surface area contributed by atoms with Crippen molar-refractivity contribution in [2.75, 3.05) is 10.6 Å². The number of hydrogen-bond acceptors (Lipinski definition) is 4. The van der Waals surface area contributed by atoms with Crippen LogP contribution < -0.4 is 10.6 Å². The summed E-state index contributed by atoms with van der Waals surface area (Å²) in [4.78, 5) is 28.8. The Morgan fingerprint density at radius 1 is 0.974 bits per heavy atom. The first-order valence-electron chi connectivity index (χ1n) is 13.2. The van der Waals surface area contributed by atoms with E-state index in [1.54, 1.807) is 30.3 Å². The maximum absolute atomic E-state index is 13.1. The smallest absolute Gasteiger partial charge is 0.339 e. The van der Waals surface area contributed by atoms with E-state index in [1.165, 1.54) is 56.4 Å². The average molecular weight is 530 g/mol. The van der Waals surface area contributed by atoms with Crippen molar-refractivity contribution in [1.29, 1.82) is 0 Å². The number of carbonyl (C=O) groups is 2. The quantitative estimate of drug-likeness (QED) is 0.304. The van der Waals surface area contributed by atoms with Gasteiger partial charge in [-0.2, -0.15) is 0 Å². The molecule has 4 aliphatic rings. The van der Waals surface area contributed by atoms with Gasteiger partial charge in [0.2, 0.25) is 0 Å². The van der Waals surface area contributed by atoms with Gasteiger partial charge in [-0.3, -0.25) is 4.79 Å². The fraction of sp³-hybridized carbons (Fsp3) is 0.387. The molecule has 0 saturated heterocycles. The van der Waals surface area contributed by atoms with Gasteiger partial charge in [0.15, 0.2) is 0 Å². The third-order valence-electron chi connectivity index (χ3n) is 8.88. The number of hydrogen-bond donors (Lipinski definition) is 3. The van der Waals surface area contributed by atoms with Gasteiger partial charge >= 0.3 is 5.97 Å². The molecule has 196 valence electrons. The van der Waals surface area contributed by atoms with Gasteiger partial charge in [0.25, 0.3) is 5.91 Å². The number of nitrogens with zero attached hydrogens (tertiary/aromatic N) is 1. The number of benzene rings is 2. The number of carboxylic acid groups (broad SMARTS) is 1. The Labute approximate surface area is 227 Å². The molecule has 2 aromatic carbocycles. The molecule has 4 aliphatic carbocycles. The highest BCUT2D eigenvalue weighted by atomic mass is 35.5. The number of pyridine rings is 1. The number of rotatable bonds is 6. The van der Waals surface area contributed by atoms with Crippen LogP contribution in [-0.4, -0.2) is 22.0 Å². The van der Waals surface area contributed by atoms with Crippen molar-refractivity contribution in [3.63, 3.8) is 0 Å². The molecule has 38 heavy (non-hydrogen) atoms. The minimum Gasteiger partial charge on any atom is -0.478 e. The molecule has 0 spiro atoms. The second kappa shape index (κ2) is 8.84. The average Bonchev–Trinajstić information content (AvgIpc) is 2.83. The fourth-order valence-electron chi connectivity index (χ4n) is 8.46. The largest absolute Gasteiger partial charge is 0.478 e. The monoisotopic (exact) mass is 529 g/mol. The lowest BCUT2D eigenvalue weighted by Gasteiger charge is -2.65. The zero-order chi connectivity index (χ0) is 26.7. The molecule has 2 unspecified atom stereocenters. The van der Waals surface area contributed by atoms with Gasteiger partial charge in [-0.1, -0.05) is 37.6 Å². The van der Waals surface area contributed by atoms with Gasteiger partial charge in [0.05, 0.1) is 10.7 Å². The SMILES string of the molecule is CC12CC3CC(C)(C1)CC(c1ccc(NC(=O)c4cccc(Nc5ncccc5C(=O)O)c4)c(Cl)c1)(C3)C2. The Kier molecular flexibility index (Phi) is 5.80. The molecule has 2 atom stereocenters. The summed E-state index contributed by atoms with van der Waals surface area (Å²) in [6.45, 7) is 4.94. The van der Waals surface area contributed by atoms with Gasteiger partial charge in [-0.25, -0.2) is 9.78 Å². The molecule has 1 amide bonds. The molecule has 3 N–H and O–H groups in total. The van der Waals surface area contributed by atoms with Crippen molar-refractivity contribution in [2.45, 2.75) is 57.8 Å². The van der Waals surface area contributed by atoms with Crippen molar-refractivity contribution in [1.82, 2.24) is 4.98 Å². The van der Waals surface area contributed by atoms with Crippen LogP contribution in [0, 0.1) is 16.7 Å². The Morgan fingerprint density at radius 3 is 2.42 bits per heavy atom. The van der Waals surface area contributed by atoms with E-state index in [0.717, 1.165) is 5.92 Å². The molecule has 6 nitrogen and oxygen atoms in total. The summed E-state index contributed by atoms with van der Waals surface area (Å²) in [5, 5.41) is 15.9. The molecule has 4 fully saturated rings. The van der Waals surface area contributed by atoms with E-state index in [-0.39, 0.29) is 22.7 Å². The molecule has 3 aromatic rings. The van der Waals surface area contributed by atoms with Crippen LogP contribution in [0.1, 0.15) is 78.7 Å². The highest BCUT2D eigenvalue weighted by molar-refractivity contribution is 6.34. The van der Waals surface area contributed by atoms with Gasteiger partial charge in [-0.15, -0.1) is 0 Å². The van der Waals surface area contributed by atoms with E-state index in [2.05, 4.69) is 41.6 Å². The lowest BCUT2D eigenvalue weighted by atomic mass is 9.39. The molecule has 0 aliphatic heterocycles. The molecule has 1 heterocycles. The van der Waals surface area contributed by atoms with E-state index in [0.29, 0.717) is 32.8 Å². The molecule has 4 bridgehead atoms. The van der Waals surface area contributed by atoms with Crippen molar-refractivity contribution in [2.24, 2.45) is 16.7 Å². The van der Waals surface area contributed by atoms with Crippen LogP contribution >= 0.6 is 11.6 Å². The topological polar surface area (TPSA) is 91.3 Å². The van der Waals surface area contributed by atoms with Gasteiger partial charge in [-0.05, 0) is 109 Å². The minimum atomic E-state index is -1.08. The highest BCUT2D eigenvalue weighted by Gasteiger charge is 2.60. The van der Waals surface area contributed by atoms with Crippen molar-refractivity contribution >= 4 is 40.7 Å². The molecular weight excluding hydrogens is 498 g/mol. The van der Waals surface area contributed by atoms with Crippen LogP contribution in [0.25, 0.3) is 0 Å². The van der Waals surface area contributed by atoms with Crippen molar-refractivity contribution in [3.8, 4) is 0 Å². The third-order valence-corrected chi connectivity index (χ3v) is 9.19. The lowest BCUT2D eigenvalue weighted by Crippen LogP contribution is -2.56. The number of carboxylic acids is 1. The summed E-state index contributed by atoms with van der Waals surface area (Å²) >= 11 is 6.77. The second-order valence-corrected chi connectivity index (χ2v) is 12.9. The second-order valence-electron chi connectivity index (χ2n) is 12.5. The van der Waals surface area contributed by atoms with Crippen LogP contribution in [0.15, 0.2) is 60.8 Å². The summed E-state index contributed by atoms with van der Waals surface area (Å²) in [6.07, 6.45) is 9.20. The number of halogens is 1. The van der Waals surface area contributed by atoms with Crippen molar-refractivity contribution < 1.29 is 14.7 Å². The van der Waals surface area contributed by atoms with Gasteiger partial charge < -0.3 is 15.7 Å². The van der Waals surface area contributed by atoms with Crippen LogP contribution in [0.4, 0.5) is 17.2 Å². The molecule has 4 saturated carbocycles. The van der Waals surface area contributed by atoms with Gasteiger partial charge in [0, 0.05) is 17.4 Å². The predicted molar refractivity (Wildman–Crippen MR) is 149 cm³/mol. The molecule has 1 aromatic heterocycles. The van der Waals surface area contributed by atoms with Crippen LogP contribution in [0.2, 0.25) is 5.02 Å². The van der Waals surface area contributed by atoms with E-state index >= 15 is 0 Å². The van der Waals surface area contributed by atoms with Crippen LogP contribution in [0.3, 0.4) is 0 Å².